The third kappa shape index (κ3) is 5.26. The molecule has 1 unspecified atom stereocenters. The summed E-state index contributed by atoms with van der Waals surface area (Å²) >= 11 is 0. The van der Waals surface area contributed by atoms with Crippen LogP contribution in [-0.4, -0.2) is 31.6 Å². The summed E-state index contributed by atoms with van der Waals surface area (Å²) in [7, 11) is 1.58. The molecule has 0 saturated carbocycles. The summed E-state index contributed by atoms with van der Waals surface area (Å²) in [6.07, 6.45) is -0.792. The van der Waals surface area contributed by atoms with Crippen LogP contribution in [0.1, 0.15) is 18.1 Å². The molecule has 2 amide bonds. The normalized spacial score (nSPS) is 14.6. The molecular weight excluding hydrogens is 420 g/mol. The number of fused-ring (bicyclic) bond motifs is 1. The van der Waals surface area contributed by atoms with Crippen molar-refractivity contribution in [2.75, 3.05) is 18.6 Å². The molecular formula is C26H26N2O5. The minimum atomic E-state index is -0.792. The number of ether oxygens (including phenoxy) is 3. The zero-order valence-corrected chi connectivity index (χ0v) is 18.6. The summed E-state index contributed by atoms with van der Waals surface area (Å²) in [5.74, 6) is 1.29. The number of benzene rings is 3. The molecule has 1 aliphatic rings. The summed E-state index contributed by atoms with van der Waals surface area (Å²) in [5, 5.41) is 2.89. The van der Waals surface area contributed by atoms with E-state index in [-0.39, 0.29) is 24.9 Å². The van der Waals surface area contributed by atoms with Crippen LogP contribution in [0.15, 0.2) is 72.8 Å². The lowest BCUT2D eigenvalue weighted by atomic mass is 10.1. The molecule has 0 aromatic heterocycles. The monoisotopic (exact) mass is 446 g/mol. The van der Waals surface area contributed by atoms with Gasteiger partial charge in [0.1, 0.15) is 12.4 Å². The van der Waals surface area contributed by atoms with Crippen LogP contribution >= 0.6 is 0 Å². The molecule has 4 rings (SSSR count). The molecule has 1 heterocycles. The van der Waals surface area contributed by atoms with E-state index in [1.165, 1.54) is 6.92 Å². The topological polar surface area (TPSA) is 77.1 Å². The Bertz CT molecular complexity index is 1130. The number of nitrogens with one attached hydrogen (secondary N) is 1. The van der Waals surface area contributed by atoms with Gasteiger partial charge in [-0.05, 0) is 35.4 Å². The van der Waals surface area contributed by atoms with Crippen molar-refractivity contribution in [2.45, 2.75) is 26.2 Å². The van der Waals surface area contributed by atoms with Gasteiger partial charge in [0.25, 0.3) is 5.91 Å². The minimum Gasteiger partial charge on any atom is -0.493 e. The van der Waals surface area contributed by atoms with Crippen molar-refractivity contribution in [3.8, 4) is 17.2 Å². The van der Waals surface area contributed by atoms with Gasteiger partial charge in [0.15, 0.2) is 17.6 Å². The number of rotatable bonds is 7. The largest absolute Gasteiger partial charge is 0.493 e. The Morgan fingerprint density at radius 2 is 1.76 bits per heavy atom. The highest BCUT2D eigenvalue weighted by Gasteiger charge is 2.32. The van der Waals surface area contributed by atoms with Crippen LogP contribution in [0.2, 0.25) is 0 Å². The molecule has 1 N–H and O–H groups in total. The summed E-state index contributed by atoms with van der Waals surface area (Å²) in [5.41, 5.74) is 2.58. The Kier molecular flexibility index (Phi) is 6.78. The van der Waals surface area contributed by atoms with E-state index in [4.69, 9.17) is 14.2 Å². The maximum Gasteiger partial charge on any atom is 0.263 e. The predicted molar refractivity (Wildman–Crippen MR) is 124 cm³/mol. The van der Waals surface area contributed by atoms with Gasteiger partial charge in [0, 0.05) is 13.5 Å². The molecule has 3 aromatic rings. The number of anilines is 1. The quantitative estimate of drug-likeness (QED) is 0.599. The second kappa shape index (κ2) is 10.1. The average Bonchev–Trinajstić information content (AvgIpc) is 2.86. The predicted octanol–water partition coefficient (Wildman–Crippen LogP) is 3.70. The molecule has 1 aliphatic heterocycles. The third-order valence-electron chi connectivity index (χ3n) is 5.38. The first-order chi connectivity index (χ1) is 16.0. The fourth-order valence-electron chi connectivity index (χ4n) is 3.65. The maximum absolute atomic E-state index is 12.8. The zero-order chi connectivity index (χ0) is 23.2. The van der Waals surface area contributed by atoms with Gasteiger partial charge in [-0.3, -0.25) is 9.59 Å². The van der Waals surface area contributed by atoms with E-state index in [2.05, 4.69) is 5.32 Å². The molecule has 33 heavy (non-hydrogen) atoms. The van der Waals surface area contributed by atoms with Gasteiger partial charge in [0.2, 0.25) is 5.91 Å². The van der Waals surface area contributed by atoms with Crippen LogP contribution in [0.5, 0.6) is 17.2 Å². The second-order valence-electron chi connectivity index (χ2n) is 7.68. The average molecular weight is 447 g/mol. The molecule has 0 aliphatic carbocycles. The van der Waals surface area contributed by atoms with Crippen LogP contribution in [0.4, 0.5) is 5.69 Å². The minimum absolute atomic E-state index is 0.139. The number of nitrogens with zero attached hydrogens (tertiary/aromatic N) is 1. The molecule has 170 valence electrons. The van der Waals surface area contributed by atoms with Gasteiger partial charge in [-0.1, -0.05) is 48.5 Å². The molecule has 3 aromatic carbocycles. The smallest absolute Gasteiger partial charge is 0.263 e. The van der Waals surface area contributed by atoms with E-state index in [9.17, 15) is 9.59 Å². The van der Waals surface area contributed by atoms with Crippen molar-refractivity contribution in [1.82, 2.24) is 5.32 Å². The number of amides is 2. The van der Waals surface area contributed by atoms with Crippen LogP contribution in [0, 0.1) is 0 Å². The Hall–Kier alpha value is -4.00. The van der Waals surface area contributed by atoms with Crippen molar-refractivity contribution in [1.29, 1.82) is 0 Å². The van der Waals surface area contributed by atoms with Gasteiger partial charge in [0.05, 0.1) is 19.3 Å². The van der Waals surface area contributed by atoms with E-state index in [0.717, 1.165) is 11.1 Å². The molecule has 1 atom stereocenters. The van der Waals surface area contributed by atoms with Crippen molar-refractivity contribution < 1.29 is 23.8 Å². The first-order valence-corrected chi connectivity index (χ1v) is 10.7. The van der Waals surface area contributed by atoms with E-state index in [1.807, 2.05) is 60.7 Å². The highest BCUT2D eigenvalue weighted by molar-refractivity contribution is 5.95. The van der Waals surface area contributed by atoms with E-state index >= 15 is 0 Å². The first kappa shape index (κ1) is 22.2. The molecule has 0 fully saturated rings. The van der Waals surface area contributed by atoms with Crippen LogP contribution in [0.25, 0.3) is 0 Å². The molecule has 7 nitrogen and oxygen atoms in total. The van der Waals surface area contributed by atoms with Gasteiger partial charge in [-0.2, -0.15) is 0 Å². The van der Waals surface area contributed by atoms with Crippen molar-refractivity contribution in [3.05, 3.63) is 83.9 Å². The number of para-hydroxylation sites is 2. The molecule has 0 spiro atoms. The van der Waals surface area contributed by atoms with Gasteiger partial charge >= 0.3 is 0 Å². The maximum atomic E-state index is 12.8. The number of hydrogen-bond donors (Lipinski definition) is 1. The van der Waals surface area contributed by atoms with Crippen molar-refractivity contribution in [2.24, 2.45) is 0 Å². The third-order valence-corrected chi connectivity index (χ3v) is 5.38. The van der Waals surface area contributed by atoms with Crippen LogP contribution in [-0.2, 0) is 22.7 Å². The van der Waals surface area contributed by atoms with Gasteiger partial charge < -0.3 is 24.4 Å². The molecule has 7 heteroatoms. The van der Waals surface area contributed by atoms with Crippen molar-refractivity contribution in [3.63, 3.8) is 0 Å². The Morgan fingerprint density at radius 1 is 1.00 bits per heavy atom. The molecule has 0 radical (unpaired) electrons. The summed E-state index contributed by atoms with van der Waals surface area (Å²) in [6.45, 7) is 2.36. The first-order valence-electron chi connectivity index (χ1n) is 10.7. The lowest BCUT2D eigenvalue weighted by Crippen LogP contribution is -2.50. The molecule has 0 bridgehead atoms. The summed E-state index contributed by atoms with van der Waals surface area (Å²) in [6, 6.07) is 22.6. The summed E-state index contributed by atoms with van der Waals surface area (Å²) < 4.78 is 17.2. The summed E-state index contributed by atoms with van der Waals surface area (Å²) in [4.78, 5) is 26.4. The SMILES string of the molecule is COc1cc(CNC(=O)C2CN(C(C)=O)c3ccccc3O2)ccc1OCc1ccccc1. The van der Waals surface area contributed by atoms with E-state index in [1.54, 1.807) is 24.1 Å². The van der Waals surface area contributed by atoms with Gasteiger partial charge in [-0.15, -0.1) is 0 Å². The number of carbonyl (C=O) groups excluding carboxylic acids is 2. The fourth-order valence-corrected chi connectivity index (χ4v) is 3.65. The standard InChI is InChI=1S/C26H26N2O5/c1-18(29)28-16-25(33-22-11-7-6-10-21(22)28)26(30)27-15-20-12-13-23(24(14-20)31-2)32-17-19-8-4-3-5-9-19/h3-14,25H,15-17H2,1-2H3,(H,27,30). The Labute approximate surface area is 192 Å². The van der Waals surface area contributed by atoms with E-state index in [0.29, 0.717) is 29.5 Å². The highest BCUT2D eigenvalue weighted by atomic mass is 16.5. The highest BCUT2D eigenvalue weighted by Crippen LogP contribution is 2.33. The Balaban J connectivity index is 1.38. The van der Waals surface area contributed by atoms with E-state index < -0.39 is 6.10 Å². The number of methoxy groups -OCH3 is 1. The number of carbonyl (C=O) groups is 2. The fraction of sp³-hybridized carbons (Fsp3) is 0.231. The lowest BCUT2D eigenvalue weighted by Gasteiger charge is -2.33. The molecule has 0 saturated heterocycles. The van der Waals surface area contributed by atoms with Crippen LogP contribution < -0.4 is 24.4 Å². The Morgan fingerprint density at radius 3 is 2.52 bits per heavy atom. The van der Waals surface area contributed by atoms with Gasteiger partial charge in [-0.25, -0.2) is 0 Å². The number of hydrogen-bond acceptors (Lipinski definition) is 5. The van der Waals surface area contributed by atoms with Crippen molar-refractivity contribution >= 4 is 17.5 Å². The van der Waals surface area contributed by atoms with Crippen LogP contribution in [0.3, 0.4) is 0 Å². The second-order valence-corrected chi connectivity index (χ2v) is 7.68. The lowest BCUT2D eigenvalue weighted by molar-refractivity contribution is -0.128. The zero-order valence-electron chi connectivity index (χ0n) is 18.6.